The molecule has 0 saturated heterocycles. The molecule has 0 spiro atoms. The summed E-state index contributed by atoms with van der Waals surface area (Å²) in [4.78, 5) is 49.7. The number of hydrogen-bond acceptors (Lipinski definition) is 10. The lowest BCUT2D eigenvalue weighted by atomic mass is 10.0. The lowest BCUT2D eigenvalue weighted by Crippen LogP contribution is -2.39. The van der Waals surface area contributed by atoms with E-state index < -0.39 is 42.3 Å². The molecule has 1 aromatic carbocycles. The van der Waals surface area contributed by atoms with Crippen LogP contribution in [0.2, 0.25) is 0 Å². The van der Waals surface area contributed by atoms with Gasteiger partial charge in [-0.15, -0.1) is 0 Å². The molecule has 0 radical (unpaired) electrons. The van der Waals surface area contributed by atoms with Crippen LogP contribution in [-0.2, 0) is 35.0 Å². The Kier molecular flexibility index (Phi) is 15.4. The number of esters is 3. The zero-order valence-electron chi connectivity index (χ0n) is 26.1. The van der Waals surface area contributed by atoms with E-state index in [9.17, 15) is 19.2 Å². The maximum Gasteiger partial charge on any atom is 0.508 e. The van der Waals surface area contributed by atoms with Crippen molar-refractivity contribution in [3.8, 4) is 11.5 Å². The molecule has 232 valence electrons. The largest absolute Gasteiger partial charge is 0.508 e. The van der Waals surface area contributed by atoms with Crippen molar-refractivity contribution in [2.24, 2.45) is 23.5 Å². The van der Waals surface area contributed by atoms with E-state index in [1.54, 1.807) is 26.8 Å². The number of carbonyl (C=O) groups is 4. The zero-order chi connectivity index (χ0) is 31.3. The van der Waals surface area contributed by atoms with Gasteiger partial charge in [0.1, 0.15) is 24.4 Å². The highest BCUT2D eigenvalue weighted by atomic mass is 16.7. The standard InChI is InChI=1S/C31H49NO9/c1-10-19(5)14-28(33)40-26-13-12-24(17-27(26)41-29(34)15-20(6)11-2)16-25(32)30(35)37-22(8)23(9)39-31(36)38-21(7)18(3)4/h12-13,17-23,25H,10-11,14-16,32H2,1-9H3/t19?,20?,21?,22-,23-,25-/m0/s1. The van der Waals surface area contributed by atoms with Gasteiger partial charge in [0.2, 0.25) is 0 Å². The predicted molar refractivity (Wildman–Crippen MR) is 154 cm³/mol. The van der Waals surface area contributed by atoms with Gasteiger partial charge in [-0.05, 0) is 62.6 Å². The van der Waals surface area contributed by atoms with E-state index in [4.69, 9.17) is 29.4 Å². The highest BCUT2D eigenvalue weighted by molar-refractivity contribution is 5.77. The Morgan fingerprint density at radius 1 is 0.707 bits per heavy atom. The van der Waals surface area contributed by atoms with E-state index in [1.807, 2.05) is 41.5 Å². The fraction of sp³-hybridized carbons (Fsp3) is 0.677. The smallest absolute Gasteiger partial charge is 0.458 e. The van der Waals surface area contributed by atoms with Gasteiger partial charge in [0, 0.05) is 12.8 Å². The van der Waals surface area contributed by atoms with Gasteiger partial charge in [-0.1, -0.05) is 60.5 Å². The molecule has 10 heteroatoms. The molecule has 0 aliphatic rings. The van der Waals surface area contributed by atoms with Crippen molar-refractivity contribution in [2.75, 3.05) is 0 Å². The highest BCUT2D eigenvalue weighted by Crippen LogP contribution is 2.31. The van der Waals surface area contributed by atoms with Crippen molar-refractivity contribution in [3.63, 3.8) is 0 Å². The number of benzene rings is 1. The van der Waals surface area contributed by atoms with Crippen LogP contribution >= 0.6 is 0 Å². The minimum atomic E-state index is -1.06. The number of carbonyl (C=O) groups excluding carboxylic acids is 4. The molecule has 0 amide bonds. The summed E-state index contributed by atoms with van der Waals surface area (Å²) >= 11 is 0. The third-order valence-electron chi connectivity index (χ3n) is 7.10. The Labute approximate surface area is 244 Å². The molecular formula is C31H49NO9. The third kappa shape index (κ3) is 13.4. The van der Waals surface area contributed by atoms with Gasteiger partial charge in [-0.25, -0.2) is 4.79 Å². The first kappa shape index (κ1) is 35.9. The van der Waals surface area contributed by atoms with E-state index >= 15 is 0 Å². The molecule has 0 bridgehead atoms. The Hall–Kier alpha value is -3.14. The van der Waals surface area contributed by atoms with Gasteiger partial charge in [-0.2, -0.15) is 0 Å². The molecular weight excluding hydrogens is 530 g/mol. The van der Waals surface area contributed by atoms with E-state index in [-0.39, 0.29) is 54.6 Å². The fourth-order valence-electron chi connectivity index (χ4n) is 3.30. The van der Waals surface area contributed by atoms with E-state index in [1.165, 1.54) is 12.1 Å². The van der Waals surface area contributed by atoms with Crippen molar-refractivity contribution in [2.45, 2.75) is 119 Å². The first-order chi connectivity index (χ1) is 19.2. The average Bonchev–Trinajstić information content (AvgIpc) is 2.89. The number of ether oxygens (including phenoxy) is 5. The first-order valence-electron chi connectivity index (χ1n) is 14.5. The molecule has 1 aromatic rings. The molecule has 0 aliphatic heterocycles. The maximum absolute atomic E-state index is 12.7. The SMILES string of the molecule is CCC(C)CC(=O)Oc1ccc(C[C@H](N)C(=O)O[C@@H](C)[C@H](C)OC(=O)OC(C)C(C)C)cc1OC(=O)CC(C)CC. The summed E-state index contributed by atoms with van der Waals surface area (Å²) in [5.41, 5.74) is 6.70. The fourth-order valence-corrected chi connectivity index (χ4v) is 3.30. The van der Waals surface area contributed by atoms with Crippen LogP contribution in [0.15, 0.2) is 18.2 Å². The topological polar surface area (TPSA) is 140 Å². The van der Waals surface area contributed by atoms with E-state index in [0.717, 1.165) is 12.8 Å². The number of nitrogens with two attached hydrogens (primary N) is 1. The lowest BCUT2D eigenvalue weighted by Gasteiger charge is -2.23. The summed E-state index contributed by atoms with van der Waals surface area (Å²) in [5, 5.41) is 0. The molecule has 10 nitrogen and oxygen atoms in total. The van der Waals surface area contributed by atoms with Crippen LogP contribution < -0.4 is 15.2 Å². The normalized spacial score (nSPS) is 15.6. The molecule has 3 unspecified atom stereocenters. The Morgan fingerprint density at radius 2 is 1.20 bits per heavy atom. The summed E-state index contributed by atoms with van der Waals surface area (Å²) in [6, 6.07) is 3.65. The van der Waals surface area contributed by atoms with E-state index in [0.29, 0.717) is 5.56 Å². The second kappa shape index (κ2) is 17.6. The van der Waals surface area contributed by atoms with Crippen molar-refractivity contribution in [3.05, 3.63) is 23.8 Å². The Bertz CT molecular complexity index is 1010. The van der Waals surface area contributed by atoms with Crippen LogP contribution in [-0.4, -0.2) is 48.4 Å². The van der Waals surface area contributed by atoms with Crippen LogP contribution in [0.25, 0.3) is 0 Å². The molecule has 0 heterocycles. The van der Waals surface area contributed by atoms with Crippen LogP contribution in [0.3, 0.4) is 0 Å². The minimum Gasteiger partial charge on any atom is -0.458 e. The van der Waals surface area contributed by atoms with Gasteiger partial charge in [0.25, 0.3) is 0 Å². The second-order valence-corrected chi connectivity index (χ2v) is 11.3. The predicted octanol–water partition coefficient (Wildman–Crippen LogP) is 5.76. The van der Waals surface area contributed by atoms with Gasteiger partial charge < -0.3 is 29.4 Å². The van der Waals surface area contributed by atoms with Crippen LogP contribution in [0, 0.1) is 17.8 Å². The molecule has 6 atom stereocenters. The van der Waals surface area contributed by atoms with E-state index in [2.05, 4.69) is 0 Å². The van der Waals surface area contributed by atoms with Gasteiger partial charge in [-0.3, -0.25) is 14.4 Å². The molecule has 41 heavy (non-hydrogen) atoms. The summed E-state index contributed by atoms with van der Waals surface area (Å²) in [5.74, 6) is -0.987. The minimum absolute atomic E-state index is 0.0613. The molecule has 0 fully saturated rings. The molecule has 1 rings (SSSR count). The van der Waals surface area contributed by atoms with Gasteiger partial charge >= 0.3 is 24.1 Å². The summed E-state index contributed by atoms with van der Waals surface area (Å²) in [6.45, 7) is 16.6. The van der Waals surface area contributed by atoms with Gasteiger partial charge in [0.15, 0.2) is 11.5 Å². The third-order valence-corrected chi connectivity index (χ3v) is 7.10. The van der Waals surface area contributed by atoms with Crippen molar-refractivity contribution >= 4 is 24.1 Å². The van der Waals surface area contributed by atoms with Crippen molar-refractivity contribution < 1.29 is 42.9 Å². The van der Waals surface area contributed by atoms with Crippen LogP contribution in [0.5, 0.6) is 11.5 Å². The van der Waals surface area contributed by atoms with Gasteiger partial charge in [0.05, 0.1) is 0 Å². The first-order valence-corrected chi connectivity index (χ1v) is 14.5. The van der Waals surface area contributed by atoms with Crippen molar-refractivity contribution in [1.82, 2.24) is 0 Å². The number of hydrogen-bond donors (Lipinski definition) is 1. The number of rotatable bonds is 16. The summed E-state index contributed by atoms with van der Waals surface area (Å²) in [7, 11) is 0. The monoisotopic (exact) mass is 579 g/mol. The molecule has 2 N–H and O–H groups in total. The average molecular weight is 580 g/mol. The summed E-state index contributed by atoms with van der Waals surface area (Å²) in [6.07, 6.45) is -0.586. The quantitative estimate of drug-likeness (QED) is 0.190. The zero-order valence-corrected chi connectivity index (χ0v) is 26.1. The maximum atomic E-state index is 12.7. The summed E-state index contributed by atoms with van der Waals surface area (Å²) < 4.78 is 26.9. The molecule has 0 saturated carbocycles. The van der Waals surface area contributed by atoms with Crippen molar-refractivity contribution in [1.29, 1.82) is 0 Å². The Morgan fingerprint density at radius 3 is 1.71 bits per heavy atom. The second-order valence-electron chi connectivity index (χ2n) is 11.3. The molecule has 0 aromatic heterocycles. The Balaban J connectivity index is 2.92. The van der Waals surface area contributed by atoms with Crippen LogP contribution in [0.4, 0.5) is 4.79 Å². The lowest BCUT2D eigenvalue weighted by molar-refractivity contribution is -0.156. The highest BCUT2D eigenvalue weighted by Gasteiger charge is 2.26. The van der Waals surface area contributed by atoms with Crippen LogP contribution in [0.1, 0.15) is 93.6 Å². The molecule has 0 aliphatic carbocycles.